The standard InChI is InChI=1S/C22H28N4O3/c1-16-6-4-8-20(17(16)2)25-14-12-24(13-15-25)11-10-22(27)23-19-7-5-9-21(18(19)3)26(28)29/h4-9H,10-15H2,1-3H3,(H,23,27). The highest BCUT2D eigenvalue weighted by molar-refractivity contribution is 5.92. The monoisotopic (exact) mass is 396 g/mol. The van der Waals surface area contributed by atoms with Gasteiger partial charge in [0.1, 0.15) is 0 Å². The van der Waals surface area contributed by atoms with E-state index >= 15 is 0 Å². The van der Waals surface area contributed by atoms with Crippen molar-refractivity contribution in [1.29, 1.82) is 0 Å². The second-order valence-corrected chi connectivity index (χ2v) is 7.55. The number of nitro benzene ring substituents is 1. The van der Waals surface area contributed by atoms with Crippen LogP contribution in [0.5, 0.6) is 0 Å². The van der Waals surface area contributed by atoms with Gasteiger partial charge in [-0.2, -0.15) is 0 Å². The largest absolute Gasteiger partial charge is 0.369 e. The number of nitro groups is 1. The molecule has 1 fully saturated rings. The van der Waals surface area contributed by atoms with Gasteiger partial charge in [-0.15, -0.1) is 0 Å². The molecule has 0 unspecified atom stereocenters. The minimum Gasteiger partial charge on any atom is -0.369 e. The Kier molecular flexibility index (Phi) is 6.49. The van der Waals surface area contributed by atoms with Crippen LogP contribution in [0.4, 0.5) is 17.1 Å². The highest BCUT2D eigenvalue weighted by atomic mass is 16.6. The van der Waals surface area contributed by atoms with E-state index in [1.165, 1.54) is 22.9 Å². The molecule has 154 valence electrons. The number of carbonyl (C=O) groups is 1. The quantitative estimate of drug-likeness (QED) is 0.595. The molecule has 0 bridgehead atoms. The number of nitrogens with zero attached hydrogens (tertiary/aromatic N) is 3. The van der Waals surface area contributed by atoms with Gasteiger partial charge in [-0.3, -0.25) is 19.8 Å². The fourth-order valence-corrected chi connectivity index (χ4v) is 3.72. The van der Waals surface area contributed by atoms with E-state index in [1.807, 2.05) is 0 Å². The second-order valence-electron chi connectivity index (χ2n) is 7.55. The molecule has 3 rings (SSSR count). The van der Waals surface area contributed by atoms with Crippen molar-refractivity contribution >= 4 is 23.0 Å². The van der Waals surface area contributed by atoms with Crippen molar-refractivity contribution in [2.24, 2.45) is 0 Å². The summed E-state index contributed by atoms with van der Waals surface area (Å²) in [7, 11) is 0. The third-order valence-corrected chi connectivity index (χ3v) is 5.72. The Morgan fingerprint density at radius 3 is 2.41 bits per heavy atom. The number of benzene rings is 2. The normalized spacial score (nSPS) is 14.7. The molecule has 1 heterocycles. The zero-order chi connectivity index (χ0) is 21.0. The van der Waals surface area contributed by atoms with Gasteiger partial charge in [-0.1, -0.05) is 18.2 Å². The van der Waals surface area contributed by atoms with Crippen molar-refractivity contribution in [2.75, 3.05) is 42.9 Å². The fraction of sp³-hybridized carbons (Fsp3) is 0.409. The van der Waals surface area contributed by atoms with Crippen molar-refractivity contribution in [3.8, 4) is 0 Å². The first kappa shape index (κ1) is 20.8. The van der Waals surface area contributed by atoms with Crippen LogP contribution in [0.25, 0.3) is 0 Å². The van der Waals surface area contributed by atoms with Crippen molar-refractivity contribution in [3.63, 3.8) is 0 Å². The predicted octanol–water partition coefficient (Wildman–Crippen LogP) is 3.67. The zero-order valence-corrected chi connectivity index (χ0v) is 17.3. The minimum absolute atomic E-state index is 0.0189. The van der Waals surface area contributed by atoms with Crippen molar-refractivity contribution in [3.05, 3.63) is 63.2 Å². The summed E-state index contributed by atoms with van der Waals surface area (Å²) in [4.78, 5) is 27.7. The molecule has 1 saturated heterocycles. The maximum absolute atomic E-state index is 12.3. The minimum atomic E-state index is -0.430. The third kappa shape index (κ3) is 4.92. The molecule has 29 heavy (non-hydrogen) atoms. The lowest BCUT2D eigenvalue weighted by molar-refractivity contribution is -0.385. The molecule has 1 N–H and O–H groups in total. The van der Waals surface area contributed by atoms with E-state index in [0.717, 1.165) is 26.2 Å². The maximum Gasteiger partial charge on any atom is 0.274 e. The molecule has 2 aromatic rings. The Bertz CT molecular complexity index is 905. The Morgan fingerprint density at radius 1 is 1.03 bits per heavy atom. The van der Waals surface area contributed by atoms with Gasteiger partial charge >= 0.3 is 0 Å². The summed E-state index contributed by atoms with van der Waals surface area (Å²) in [5.41, 5.74) is 4.93. The van der Waals surface area contributed by atoms with Crippen molar-refractivity contribution < 1.29 is 9.72 Å². The number of aryl methyl sites for hydroxylation is 1. The number of amides is 1. The van der Waals surface area contributed by atoms with E-state index in [1.54, 1.807) is 19.1 Å². The summed E-state index contributed by atoms with van der Waals surface area (Å²) in [6, 6.07) is 11.1. The van der Waals surface area contributed by atoms with Crippen molar-refractivity contribution in [2.45, 2.75) is 27.2 Å². The topological polar surface area (TPSA) is 78.7 Å². The summed E-state index contributed by atoms with van der Waals surface area (Å²) in [5.74, 6) is -0.120. The molecule has 7 heteroatoms. The lowest BCUT2D eigenvalue weighted by Gasteiger charge is -2.37. The van der Waals surface area contributed by atoms with E-state index in [0.29, 0.717) is 24.2 Å². The number of hydrogen-bond donors (Lipinski definition) is 1. The van der Waals surface area contributed by atoms with Gasteiger partial charge in [0.15, 0.2) is 0 Å². The van der Waals surface area contributed by atoms with Crippen LogP contribution in [0.3, 0.4) is 0 Å². The maximum atomic E-state index is 12.3. The lowest BCUT2D eigenvalue weighted by Crippen LogP contribution is -2.47. The SMILES string of the molecule is Cc1cccc(N2CCN(CCC(=O)Nc3cccc([N+](=O)[O-])c3C)CC2)c1C. The summed E-state index contributed by atoms with van der Waals surface area (Å²) in [6.45, 7) is 10.3. The molecular weight excluding hydrogens is 368 g/mol. The fourth-order valence-electron chi connectivity index (χ4n) is 3.72. The number of carbonyl (C=O) groups excluding carboxylic acids is 1. The average Bonchev–Trinajstić information content (AvgIpc) is 2.70. The van der Waals surface area contributed by atoms with Gasteiger partial charge < -0.3 is 10.2 Å². The van der Waals surface area contributed by atoms with Crippen LogP contribution in [0, 0.1) is 30.9 Å². The average molecular weight is 396 g/mol. The van der Waals surface area contributed by atoms with E-state index in [-0.39, 0.29) is 11.6 Å². The molecule has 1 aliphatic rings. The Hall–Kier alpha value is -2.93. The van der Waals surface area contributed by atoms with Gasteiger partial charge in [0, 0.05) is 50.9 Å². The van der Waals surface area contributed by atoms with Crippen LogP contribution in [0.2, 0.25) is 0 Å². The van der Waals surface area contributed by atoms with Crippen LogP contribution >= 0.6 is 0 Å². The van der Waals surface area contributed by atoms with Crippen molar-refractivity contribution in [1.82, 2.24) is 4.90 Å². The molecule has 7 nitrogen and oxygen atoms in total. The highest BCUT2D eigenvalue weighted by Crippen LogP contribution is 2.26. The van der Waals surface area contributed by atoms with Crippen LogP contribution < -0.4 is 10.2 Å². The van der Waals surface area contributed by atoms with Gasteiger partial charge in [-0.05, 0) is 44.0 Å². The second kappa shape index (κ2) is 9.05. The zero-order valence-electron chi connectivity index (χ0n) is 17.3. The van der Waals surface area contributed by atoms with E-state index < -0.39 is 4.92 Å². The first-order valence-corrected chi connectivity index (χ1v) is 9.94. The summed E-state index contributed by atoms with van der Waals surface area (Å²) < 4.78 is 0. The lowest BCUT2D eigenvalue weighted by atomic mass is 10.1. The van der Waals surface area contributed by atoms with Gasteiger partial charge in [0.2, 0.25) is 5.91 Å². The number of rotatable bonds is 6. The van der Waals surface area contributed by atoms with Crippen LogP contribution in [0.1, 0.15) is 23.1 Å². The smallest absolute Gasteiger partial charge is 0.274 e. The molecule has 0 atom stereocenters. The summed E-state index contributed by atoms with van der Waals surface area (Å²) in [5, 5.41) is 13.9. The first-order valence-electron chi connectivity index (χ1n) is 9.94. The van der Waals surface area contributed by atoms with Gasteiger partial charge in [-0.25, -0.2) is 0 Å². The van der Waals surface area contributed by atoms with Crippen LogP contribution in [-0.2, 0) is 4.79 Å². The molecule has 0 saturated carbocycles. The molecule has 0 spiro atoms. The Labute approximate surface area is 171 Å². The Morgan fingerprint density at radius 2 is 1.72 bits per heavy atom. The van der Waals surface area contributed by atoms with Gasteiger partial charge in [0.05, 0.1) is 16.2 Å². The molecule has 1 aliphatic heterocycles. The number of piperazine rings is 1. The molecule has 1 amide bonds. The highest BCUT2D eigenvalue weighted by Gasteiger charge is 2.20. The number of hydrogen-bond acceptors (Lipinski definition) is 5. The molecule has 2 aromatic carbocycles. The van der Waals surface area contributed by atoms with E-state index in [4.69, 9.17) is 0 Å². The molecule has 0 aromatic heterocycles. The summed E-state index contributed by atoms with van der Waals surface area (Å²) in [6.07, 6.45) is 0.367. The molecular formula is C22H28N4O3. The van der Waals surface area contributed by atoms with E-state index in [9.17, 15) is 14.9 Å². The Balaban J connectivity index is 1.49. The predicted molar refractivity (Wildman–Crippen MR) is 116 cm³/mol. The molecule has 0 radical (unpaired) electrons. The van der Waals surface area contributed by atoms with Gasteiger partial charge in [0.25, 0.3) is 5.69 Å². The van der Waals surface area contributed by atoms with Crippen LogP contribution in [-0.4, -0.2) is 48.5 Å². The third-order valence-electron chi connectivity index (χ3n) is 5.72. The first-order chi connectivity index (χ1) is 13.9. The van der Waals surface area contributed by atoms with E-state index in [2.05, 4.69) is 47.2 Å². The summed E-state index contributed by atoms with van der Waals surface area (Å²) >= 11 is 0. The van der Waals surface area contributed by atoms with Crippen LogP contribution in [0.15, 0.2) is 36.4 Å². The number of nitrogens with one attached hydrogen (secondary N) is 1. The number of anilines is 2. The molecule has 0 aliphatic carbocycles.